The molecule has 6 heteroatoms. The number of aliphatic hydroxyl groups is 1. The van der Waals surface area contributed by atoms with Crippen LogP contribution in [-0.4, -0.2) is 54.1 Å². The lowest BCUT2D eigenvalue weighted by Gasteiger charge is -2.26. The zero-order chi connectivity index (χ0) is 23.0. The van der Waals surface area contributed by atoms with Gasteiger partial charge in [0.15, 0.2) is 0 Å². The summed E-state index contributed by atoms with van der Waals surface area (Å²) in [6.07, 6.45) is 1.93. The normalized spacial score (nSPS) is 14.4. The Morgan fingerprint density at radius 1 is 1.03 bits per heavy atom. The van der Waals surface area contributed by atoms with Crippen molar-refractivity contribution in [3.05, 3.63) is 66.2 Å². The van der Waals surface area contributed by atoms with Gasteiger partial charge in [-0.05, 0) is 44.7 Å². The number of anilines is 1. The van der Waals surface area contributed by atoms with Crippen molar-refractivity contribution >= 4 is 5.88 Å². The van der Waals surface area contributed by atoms with Gasteiger partial charge in [0.2, 0.25) is 5.88 Å². The highest BCUT2D eigenvalue weighted by molar-refractivity contribution is 5.68. The second kappa shape index (κ2) is 11.3. The zero-order valence-corrected chi connectivity index (χ0v) is 19.7. The van der Waals surface area contributed by atoms with E-state index in [1.165, 1.54) is 12.8 Å². The molecule has 0 aliphatic heterocycles. The van der Waals surface area contributed by atoms with Crippen molar-refractivity contribution in [1.29, 1.82) is 0 Å². The van der Waals surface area contributed by atoms with E-state index >= 15 is 0 Å². The Kier molecular flexibility index (Phi) is 8.02. The van der Waals surface area contributed by atoms with E-state index in [2.05, 4.69) is 40.9 Å². The summed E-state index contributed by atoms with van der Waals surface area (Å²) in [6, 6.07) is 19.9. The van der Waals surface area contributed by atoms with E-state index in [1.54, 1.807) is 0 Å². The van der Waals surface area contributed by atoms with Gasteiger partial charge in [0.05, 0.1) is 5.56 Å². The molecule has 1 aromatic heterocycles. The first-order valence-electron chi connectivity index (χ1n) is 12.0. The Bertz CT molecular complexity index is 969. The second-order valence-electron chi connectivity index (χ2n) is 8.77. The largest absolute Gasteiger partial charge is 0.491 e. The molecule has 0 saturated heterocycles. The second-order valence-corrected chi connectivity index (χ2v) is 8.77. The molecule has 33 heavy (non-hydrogen) atoms. The number of hydrogen-bond donors (Lipinski definition) is 1. The maximum atomic E-state index is 10.8. The van der Waals surface area contributed by atoms with Gasteiger partial charge < -0.3 is 19.3 Å². The first-order chi connectivity index (χ1) is 16.2. The molecule has 0 radical (unpaired) electrons. The van der Waals surface area contributed by atoms with Crippen LogP contribution in [0.5, 0.6) is 5.75 Å². The fourth-order valence-corrected chi connectivity index (χ4v) is 4.18. The lowest BCUT2D eigenvalue weighted by atomic mass is 10.1. The minimum atomic E-state index is -0.583. The van der Waals surface area contributed by atoms with E-state index in [0.717, 1.165) is 48.1 Å². The summed E-state index contributed by atoms with van der Waals surface area (Å²) in [4.78, 5) is 4.54. The summed E-state index contributed by atoms with van der Waals surface area (Å²) < 4.78 is 11.7. The molecule has 3 aromatic rings. The van der Waals surface area contributed by atoms with E-state index < -0.39 is 6.10 Å². The standard InChI is InChI=1S/C27H35N3O3/c1-3-30(4-2)27-25(26(28-33-27)22-11-7-5-8-12-22)19-29(17-21-15-16-21)18-23(31)20-32-24-13-9-6-10-14-24/h5-14,21,23,31H,3-4,15-20H2,1-2H3. The Labute approximate surface area is 196 Å². The van der Waals surface area contributed by atoms with Crippen molar-refractivity contribution in [3.63, 3.8) is 0 Å². The van der Waals surface area contributed by atoms with Crippen molar-refractivity contribution in [3.8, 4) is 17.0 Å². The molecule has 0 spiro atoms. The SMILES string of the molecule is CCN(CC)c1onc(-c2ccccc2)c1CN(CC(O)COc1ccccc1)CC1CC1. The molecule has 1 N–H and O–H groups in total. The van der Waals surface area contributed by atoms with Crippen LogP contribution in [0.1, 0.15) is 32.3 Å². The van der Waals surface area contributed by atoms with Crippen LogP contribution in [-0.2, 0) is 6.54 Å². The van der Waals surface area contributed by atoms with E-state index in [4.69, 9.17) is 9.26 Å². The van der Waals surface area contributed by atoms with Crippen LogP contribution in [0, 0.1) is 5.92 Å². The molecule has 1 saturated carbocycles. The molecular weight excluding hydrogens is 414 g/mol. The van der Waals surface area contributed by atoms with E-state index in [9.17, 15) is 5.11 Å². The maximum Gasteiger partial charge on any atom is 0.232 e. The van der Waals surface area contributed by atoms with Crippen LogP contribution in [0.4, 0.5) is 5.88 Å². The zero-order valence-electron chi connectivity index (χ0n) is 19.7. The number of ether oxygens (including phenoxy) is 1. The van der Waals surface area contributed by atoms with E-state index in [1.807, 2.05) is 48.5 Å². The predicted molar refractivity (Wildman–Crippen MR) is 131 cm³/mol. The molecule has 1 fully saturated rings. The highest BCUT2D eigenvalue weighted by atomic mass is 16.5. The van der Waals surface area contributed by atoms with Crippen LogP contribution < -0.4 is 9.64 Å². The summed E-state index contributed by atoms with van der Waals surface area (Å²) in [6.45, 7) is 8.41. The van der Waals surface area contributed by atoms with Gasteiger partial charge in [-0.15, -0.1) is 0 Å². The molecule has 1 heterocycles. The van der Waals surface area contributed by atoms with Crippen LogP contribution >= 0.6 is 0 Å². The van der Waals surface area contributed by atoms with Gasteiger partial charge in [-0.1, -0.05) is 53.7 Å². The van der Waals surface area contributed by atoms with Gasteiger partial charge in [0.1, 0.15) is 24.2 Å². The number of aromatic nitrogens is 1. The number of hydrogen-bond acceptors (Lipinski definition) is 6. The molecule has 4 rings (SSSR count). The molecule has 0 bridgehead atoms. The Morgan fingerprint density at radius 2 is 1.70 bits per heavy atom. The summed E-state index contributed by atoms with van der Waals surface area (Å²) in [5.41, 5.74) is 3.02. The fraction of sp³-hybridized carbons (Fsp3) is 0.444. The number of para-hydroxylation sites is 1. The van der Waals surface area contributed by atoms with Gasteiger partial charge in [-0.3, -0.25) is 4.90 Å². The van der Waals surface area contributed by atoms with Crippen LogP contribution in [0.3, 0.4) is 0 Å². The molecule has 1 aliphatic rings. The third-order valence-corrected chi connectivity index (χ3v) is 6.11. The number of rotatable bonds is 13. The molecule has 2 aromatic carbocycles. The summed E-state index contributed by atoms with van der Waals surface area (Å²) in [7, 11) is 0. The number of benzene rings is 2. The fourth-order valence-electron chi connectivity index (χ4n) is 4.18. The summed E-state index contributed by atoms with van der Waals surface area (Å²) >= 11 is 0. The first-order valence-corrected chi connectivity index (χ1v) is 12.0. The van der Waals surface area contributed by atoms with Crippen LogP contribution in [0.15, 0.2) is 65.2 Å². The quantitative estimate of drug-likeness (QED) is 0.403. The van der Waals surface area contributed by atoms with Gasteiger partial charge >= 0.3 is 0 Å². The molecule has 1 unspecified atom stereocenters. The molecule has 6 nitrogen and oxygen atoms in total. The predicted octanol–water partition coefficient (Wildman–Crippen LogP) is 4.84. The van der Waals surface area contributed by atoms with Gasteiger partial charge in [-0.2, -0.15) is 0 Å². The smallest absolute Gasteiger partial charge is 0.232 e. The van der Waals surface area contributed by atoms with Gasteiger partial charge in [0.25, 0.3) is 0 Å². The molecule has 176 valence electrons. The minimum absolute atomic E-state index is 0.267. The lowest BCUT2D eigenvalue weighted by Crippen LogP contribution is -2.37. The Morgan fingerprint density at radius 3 is 2.33 bits per heavy atom. The Hall–Kier alpha value is -2.83. The molecule has 1 atom stereocenters. The monoisotopic (exact) mass is 449 g/mol. The first kappa shape index (κ1) is 23.3. The lowest BCUT2D eigenvalue weighted by molar-refractivity contribution is 0.0639. The minimum Gasteiger partial charge on any atom is -0.491 e. The molecule has 0 amide bonds. The van der Waals surface area contributed by atoms with E-state index in [-0.39, 0.29) is 6.61 Å². The average Bonchev–Trinajstić information content (AvgIpc) is 3.58. The maximum absolute atomic E-state index is 10.8. The third-order valence-electron chi connectivity index (χ3n) is 6.11. The molecule has 1 aliphatic carbocycles. The van der Waals surface area contributed by atoms with Crippen molar-refractivity contribution < 1.29 is 14.4 Å². The summed E-state index contributed by atoms with van der Waals surface area (Å²) in [5.74, 6) is 2.30. The number of aliphatic hydroxyl groups excluding tert-OH is 1. The van der Waals surface area contributed by atoms with Crippen molar-refractivity contribution in [2.75, 3.05) is 37.7 Å². The van der Waals surface area contributed by atoms with Crippen molar-refractivity contribution in [1.82, 2.24) is 10.1 Å². The van der Waals surface area contributed by atoms with Gasteiger partial charge in [0, 0.05) is 38.3 Å². The van der Waals surface area contributed by atoms with Crippen molar-refractivity contribution in [2.24, 2.45) is 5.92 Å². The topological polar surface area (TPSA) is 62.0 Å². The molecular formula is C27H35N3O3. The Balaban J connectivity index is 1.53. The van der Waals surface area contributed by atoms with Crippen molar-refractivity contribution in [2.45, 2.75) is 39.3 Å². The number of nitrogens with zero attached hydrogens (tertiary/aromatic N) is 3. The van der Waals surface area contributed by atoms with E-state index in [0.29, 0.717) is 19.0 Å². The van der Waals surface area contributed by atoms with Crippen LogP contribution in [0.25, 0.3) is 11.3 Å². The highest BCUT2D eigenvalue weighted by Gasteiger charge is 2.29. The summed E-state index contributed by atoms with van der Waals surface area (Å²) in [5, 5.41) is 15.3. The van der Waals surface area contributed by atoms with Gasteiger partial charge in [-0.25, -0.2) is 0 Å². The average molecular weight is 450 g/mol. The highest BCUT2D eigenvalue weighted by Crippen LogP contribution is 2.35. The van der Waals surface area contributed by atoms with Crippen LogP contribution in [0.2, 0.25) is 0 Å². The third kappa shape index (κ3) is 6.36.